The first kappa shape index (κ1) is 9.08. The number of β-amino-alcohol motifs (C(OH)–C–C–N with tert-alkyl or cyclic N) is 1. The van der Waals surface area contributed by atoms with Gasteiger partial charge in [-0.25, -0.2) is 4.98 Å². The highest BCUT2D eigenvalue weighted by Gasteiger charge is 2.30. The molecule has 1 aliphatic heterocycles. The fourth-order valence-corrected chi connectivity index (χ4v) is 1.34. The zero-order chi connectivity index (χ0) is 10.1. The van der Waals surface area contributed by atoms with Gasteiger partial charge in [-0.15, -0.1) is 0 Å². The van der Waals surface area contributed by atoms with E-state index in [0.717, 1.165) is 0 Å². The van der Waals surface area contributed by atoms with E-state index in [1.165, 1.54) is 23.2 Å². The van der Waals surface area contributed by atoms with E-state index < -0.39 is 18.0 Å². The van der Waals surface area contributed by atoms with Gasteiger partial charge in [-0.3, -0.25) is 4.79 Å². The van der Waals surface area contributed by atoms with Crippen LogP contribution in [0.1, 0.15) is 10.4 Å². The molecule has 1 saturated heterocycles. The second-order valence-corrected chi connectivity index (χ2v) is 3.21. The summed E-state index contributed by atoms with van der Waals surface area (Å²) in [6.45, 7) is 0.542. The van der Waals surface area contributed by atoms with Crippen molar-refractivity contribution in [2.24, 2.45) is 0 Å². The van der Waals surface area contributed by atoms with Gasteiger partial charge < -0.3 is 10.0 Å². The molecule has 1 aromatic rings. The van der Waals surface area contributed by atoms with E-state index in [2.05, 4.69) is 4.98 Å². The van der Waals surface area contributed by atoms with Crippen molar-refractivity contribution in [3.05, 3.63) is 29.8 Å². The number of aromatic nitrogens is 1. The van der Waals surface area contributed by atoms with Crippen LogP contribution in [-0.4, -0.2) is 40.1 Å². The van der Waals surface area contributed by atoms with Gasteiger partial charge in [0.1, 0.15) is 0 Å². The summed E-state index contributed by atoms with van der Waals surface area (Å²) in [4.78, 5) is 16.3. The van der Waals surface area contributed by atoms with E-state index in [-0.39, 0.29) is 18.7 Å². The van der Waals surface area contributed by atoms with Gasteiger partial charge in [0, 0.05) is 19.3 Å². The van der Waals surface area contributed by atoms with Gasteiger partial charge in [-0.05, 0) is 12.1 Å². The quantitative estimate of drug-likeness (QED) is 0.645. The molecule has 14 heavy (non-hydrogen) atoms. The number of aliphatic hydroxyl groups excluding tert-OH is 1. The number of nitrogens with zero attached hydrogens (tertiary/aromatic N) is 2. The molecule has 1 N–H and O–H groups in total. The fraction of sp³-hybridized carbons (Fsp3) is 0.333. The highest BCUT2D eigenvalue weighted by atomic mass is 19.1. The Bertz CT molecular complexity index is 364. The molecule has 0 unspecified atom stereocenters. The molecule has 1 fully saturated rings. The molecule has 4 nitrogen and oxygen atoms in total. The van der Waals surface area contributed by atoms with Gasteiger partial charge in [0.2, 0.25) is 5.95 Å². The molecule has 0 atom stereocenters. The zero-order valence-corrected chi connectivity index (χ0v) is 7.35. The van der Waals surface area contributed by atoms with E-state index in [1.54, 1.807) is 0 Å². The van der Waals surface area contributed by atoms with Crippen LogP contribution in [0.25, 0.3) is 0 Å². The second kappa shape index (κ2) is 3.34. The van der Waals surface area contributed by atoms with Gasteiger partial charge in [0.15, 0.2) is 0 Å². The van der Waals surface area contributed by atoms with Crippen molar-refractivity contribution in [2.75, 3.05) is 13.1 Å². The van der Waals surface area contributed by atoms with Gasteiger partial charge in [0.25, 0.3) is 5.91 Å². The zero-order valence-electron chi connectivity index (χ0n) is 7.35. The first-order valence-electron chi connectivity index (χ1n) is 4.26. The van der Waals surface area contributed by atoms with Gasteiger partial charge in [0.05, 0.1) is 11.7 Å². The number of likely N-dealkylation sites (tertiary alicyclic amines) is 1. The highest BCUT2D eigenvalue weighted by Crippen LogP contribution is 2.14. The number of hydrogen-bond acceptors (Lipinski definition) is 3. The summed E-state index contributed by atoms with van der Waals surface area (Å²) in [7, 11) is 0. The molecule has 74 valence electrons. The molecule has 2 rings (SSSR count). The number of rotatable bonds is 1. The number of carbonyl (C=O) groups excluding carboxylic acids is 1. The molecule has 5 heteroatoms. The number of halogens is 1. The standard InChI is InChI=1S/C9H9FN2O2/c10-8-7(2-1-3-11-8)9(14)12-4-6(13)5-12/h1-3,6,13H,4-5H2. The lowest BCUT2D eigenvalue weighted by Gasteiger charge is -2.35. The minimum atomic E-state index is -0.765. The third-order valence-electron chi connectivity index (χ3n) is 2.14. The molecular weight excluding hydrogens is 187 g/mol. The van der Waals surface area contributed by atoms with Crippen molar-refractivity contribution >= 4 is 5.91 Å². The van der Waals surface area contributed by atoms with Crippen LogP contribution in [0.3, 0.4) is 0 Å². The molecular formula is C9H9FN2O2. The first-order chi connectivity index (χ1) is 6.68. The molecule has 0 bridgehead atoms. The number of aliphatic hydroxyl groups is 1. The normalized spacial score (nSPS) is 16.6. The molecule has 0 spiro atoms. The lowest BCUT2D eigenvalue weighted by atomic mass is 10.1. The van der Waals surface area contributed by atoms with E-state index in [4.69, 9.17) is 5.11 Å². The Morgan fingerprint density at radius 1 is 1.64 bits per heavy atom. The average molecular weight is 196 g/mol. The van der Waals surface area contributed by atoms with Gasteiger partial charge in [-0.1, -0.05) is 0 Å². The Balaban J connectivity index is 2.16. The van der Waals surface area contributed by atoms with Crippen molar-refractivity contribution in [3.63, 3.8) is 0 Å². The van der Waals surface area contributed by atoms with Crippen LogP contribution in [-0.2, 0) is 0 Å². The molecule has 0 aromatic carbocycles. The maximum Gasteiger partial charge on any atom is 0.258 e. The van der Waals surface area contributed by atoms with E-state index in [9.17, 15) is 9.18 Å². The lowest BCUT2D eigenvalue weighted by Crippen LogP contribution is -2.53. The third kappa shape index (κ3) is 1.46. The largest absolute Gasteiger partial charge is 0.389 e. The highest BCUT2D eigenvalue weighted by molar-refractivity contribution is 5.94. The summed E-state index contributed by atoms with van der Waals surface area (Å²) >= 11 is 0. The third-order valence-corrected chi connectivity index (χ3v) is 2.14. The lowest BCUT2D eigenvalue weighted by molar-refractivity contribution is 0.00552. The van der Waals surface area contributed by atoms with Crippen LogP contribution in [0.2, 0.25) is 0 Å². The molecule has 1 aliphatic rings. The van der Waals surface area contributed by atoms with Crippen LogP contribution >= 0.6 is 0 Å². The summed E-state index contributed by atoms with van der Waals surface area (Å²) in [5.41, 5.74) is -0.0422. The monoisotopic (exact) mass is 196 g/mol. The smallest absolute Gasteiger partial charge is 0.258 e. The van der Waals surface area contributed by atoms with Crippen LogP contribution in [0.4, 0.5) is 4.39 Å². The summed E-state index contributed by atoms with van der Waals surface area (Å²) < 4.78 is 13.0. The number of pyridine rings is 1. The molecule has 0 aliphatic carbocycles. The SMILES string of the molecule is O=C(c1cccnc1F)N1CC(O)C1. The van der Waals surface area contributed by atoms with Crippen molar-refractivity contribution in [1.82, 2.24) is 9.88 Å². The number of amides is 1. The number of hydrogen-bond donors (Lipinski definition) is 1. The minimum Gasteiger partial charge on any atom is -0.389 e. The summed E-state index contributed by atoms with van der Waals surface area (Å²) in [5, 5.41) is 8.98. The summed E-state index contributed by atoms with van der Waals surface area (Å²) in [6.07, 6.45) is 0.815. The molecule has 1 amide bonds. The molecule has 0 radical (unpaired) electrons. The topological polar surface area (TPSA) is 53.4 Å². The van der Waals surface area contributed by atoms with Crippen molar-refractivity contribution < 1.29 is 14.3 Å². The maximum atomic E-state index is 13.0. The van der Waals surface area contributed by atoms with Crippen molar-refractivity contribution in [1.29, 1.82) is 0 Å². The predicted molar refractivity (Wildman–Crippen MR) is 46.1 cm³/mol. The summed E-state index contributed by atoms with van der Waals surface area (Å²) in [6, 6.07) is 2.89. The molecule has 0 saturated carbocycles. The minimum absolute atomic E-state index is 0.0422. The van der Waals surface area contributed by atoms with E-state index in [1.807, 2.05) is 0 Å². The average Bonchev–Trinajstić information content (AvgIpc) is 2.13. The fourth-order valence-electron chi connectivity index (χ4n) is 1.34. The first-order valence-corrected chi connectivity index (χ1v) is 4.26. The van der Waals surface area contributed by atoms with Crippen molar-refractivity contribution in [3.8, 4) is 0 Å². The second-order valence-electron chi connectivity index (χ2n) is 3.21. The molecule has 1 aromatic heterocycles. The summed E-state index contributed by atoms with van der Waals surface area (Å²) in [5.74, 6) is -1.18. The Hall–Kier alpha value is -1.49. The van der Waals surface area contributed by atoms with Crippen molar-refractivity contribution in [2.45, 2.75) is 6.10 Å². The van der Waals surface area contributed by atoms with Crippen LogP contribution in [0, 0.1) is 5.95 Å². The van der Waals surface area contributed by atoms with Gasteiger partial charge >= 0.3 is 0 Å². The Morgan fingerprint density at radius 2 is 2.36 bits per heavy atom. The Labute approximate surface area is 80.0 Å². The van der Waals surface area contributed by atoms with E-state index in [0.29, 0.717) is 0 Å². The van der Waals surface area contributed by atoms with Crippen LogP contribution in [0.15, 0.2) is 18.3 Å². The predicted octanol–water partition coefficient (Wildman–Crippen LogP) is 0.0374. The van der Waals surface area contributed by atoms with Gasteiger partial charge in [-0.2, -0.15) is 4.39 Å². The maximum absolute atomic E-state index is 13.0. The Morgan fingerprint density at radius 3 is 2.93 bits per heavy atom. The molecule has 2 heterocycles. The van der Waals surface area contributed by atoms with E-state index >= 15 is 0 Å². The van der Waals surface area contributed by atoms with Crippen LogP contribution < -0.4 is 0 Å². The number of carbonyl (C=O) groups is 1. The Kier molecular flexibility index (Phi) is 2.17. The van der Waals surface area contributed by atoms with Crippen LogP contribution in [0.5, 0.6) is 0 Å².